The fraction of sp³-hybridized carbons (Fsp3) is 0.308. The number of alkyl halides is 3. The highest BCUT2D eigenvalue weighted by molar-refractivity contribution is 7.91. The highest BCUT2D eigenvalue weighted by Crippen LogP contribution is 2.36. The summed E-state index contributed by atoms with van der Waals surface area (Å²) in [7, 11) is -3.91. The van der Waals surface area contributed by atoms with E-state index in [1.807, 2.05) is 20.8 Å². The Hall–Kier alpha value is -4.04. The number of nitrogens with zero attached hydrogens (tertiary/aromatic N) is 5. The molecule has 0 saturated carbocycles. The maximum absolute atomic E-state index is 13.3. The number of halogens is 3. The van der Waals surface area contributed by atoms with Gasteiger partial charge in [0.1, 0.15) is 0 Å². The van der Waals surface area contributed by atoms with E-state index in [1.54, 1.807) is 24.3 Å². The quantitative estimate of drug-likeness (QED) is 0.388. The van der Waals surface area contributed by atoms with Crippen molar-refractivity contribution in [2.75, 3.05) is 10.7 Å². The molecule has 14 heteroatoms. The topological polar surface area (TPSA) is 137 Å². The molecule has 0 fully saturated rings. The Bertz CT molecular complexity index is 1690. The van der Waals surface area contributed by atoms with Crippen LogP contribution in [-0.4, -0.2) is 46.1 Å². The molecule has 210 valence electrons. The van der Waals surface area contributed by atoms with Crippen molar-refractivity contribution < 1.29 is 30.8 Å². The molecule has 0 radical (unpaired) electrons. The van der Waals surface area contributed by atoms with E-state index in [4.69, 9.17) is 10.2 Å². The standard InChI is InChI=1S/C26H25F3N6O4S/c1-25(2,3)24-32-31-22(39-24)16-6-9-20-19(12-16)34(23(36)18(30)14-40(20,37)38)13-15-4-7-17(8-5-15)35-11-10-21(33-35)26(27,28)29/h4-12,18H,13-14,30H2,1-3H3/t18-/m0/s1. The highest BCUT2D eigenvalue weighted by atomic mass is 32.2. The van der Waals surface area contributed by atoms with Gasteiger partial charge in [0.15, 0.2) is 15.5 Å². The van der Waals surface area contributed by atoms with Crippen LogP contribution in [-0.2, 0) is 32.8 Å². The lowest BCUT2D eigenvalue weighted by Crippen LogP contribution is -2.45. The summed E-state index contributed by atoms with van der Waals surface area (Å²) in [6.07, 6.45) is -3.38. The number of rotatable bonds is 4. The molecule has 0 saturated heterocycles. The van der Waals surface area contributed by atoms with Gasteiger partial charge in [-0.25, -0.2) is 13.1 Å². The van der Waals surface area contributed by atoms with Crippen LogP contribution in [0.15, 0.2) is 64.0 Å². The van der Waals surface area contributed by atoms with Gasteiger partial charge in [-0.1, -0.05) is 32.9 Å². The van der Waals surface area contributed by atoms with Crippen LogP contribution in [0.3, 0.4) is 0 Å². The van der Waals surface area contributed by atoms with E-state index in [-0.39, 0.29) is 23.0 Å². The Labute approximate surface area is 227 Å². The van der Waals surface area contributed by atoms with Gasteiger partial charge in [-0.2, -0.15) is 18.3 Å². The fourth-order valence-corrected chi connectivity index (χ4v) is 5.76. The first kappa shape index (κ1) is 27.5. The number of amides is 1. The smallest absolute Gasteiger partial charge is 0.420 e. The Morgan fingerprint density at radius 3 is 2.35 bits per heavy atom. The van der Waals surface area contributed by atoms with Crippen molar-refractivity contribution in [2.24, 2.45) is 5.73 Å². The van der Waals surface area contributed by atoms with E-state index in [2.05, 4.69) is 15.3 Å². The molecule has 3 heterocycles. The summed E-state index contributed by atoms with van der Waals surface area (Å²) >= 11 is 0. The largest absolute Gasteiger partial charge is 0.435 e. The number of benzene rings is 2. The highest BCUT2D eigenvalue weighted by Gasteiger charge is 2.37. The van der Waals surface area contributed by atoms with Crippen LogP contribution in [0.25, 0.3) is 17.1 Å². The third-order valence-corrected chi connectivity index (χ3v) is 8.11. The summed E-state index contributed by atoms with van der Waals surface area (Å²) in [5, 5.41) is 11.7. The number of hydrogen-bond acceptors (Lipinski definition) is 8. The average molecular weight is 575 g/mol. The zero-order valence-corrected chi connectivity index (χ0v) is 22.5. The number of fused-ring (bicyclic) bond motifs is 1. The van der Waals surface area contributed by atoms with Crippen LogP contribution in [0.4, 0.5) is 18.9 Å². The first-order valence-electron chi connectivity index (χ1n) is 12.1. The van der Waals surface area contributed by atoms with E-state index in [0.29, 0.717) is 22.7 Å². The minimum atomic E-state index is -4.57. The van der Waals surface area contributed by atoms with Crippen LogP contribution in [0, 0.1) is 0 Å². The van der Waals surface area contributed by atoms with Crippen LogP contribution >= 0.6 is 0 Å². The van der Waals surface area contributed by atoms with Crippen molar-refractivity contribution in [1.82, 2.24) is 20.0 Å². The molecule has 1 amide bonds. The van der Waals surface area contributed by atoms with Gasteiger partial charge in [0, 0.05) is 17.2 Å². The maximum Gasteiger partial charge on any atom is 0.435 e. The van der Waals surface area contributed by atoms with Gasteiger partial charge in [0.2, 0.25) is 17.7 Å². The van der Waals surface area contributed by atoms with E-state index in [0.717, 1.165) is 10.7 Å². The first-order chi connectivity index (χ1) is 18.6. The number of nitrogens with two attached hydrogens (primary N) is 1. The fourth-order valence-electron chi connectivity index (χ4n) is 4.20. The minimum Gasteiger partial charge on any atom is -0.420 e. The summed E-state index contributed by atoms with van der Waals surface area (Å²) in [6.45, 7) is 5.66. The van der Waals surface area contributed by atoms with E-state index < -0.39 is 44.8 Å². The van der Waals surface area contributed by atoms with Gasteiger partial charge in [0.25, 0.3) is 0 Å². The Morgan fingerprint density at radius 2 is 1.75 bits per heavy atom. The lowest BCUT2D eigenvalue weighted by atomic mass is 9.97. The summed E-state index contributed by atoms with van der Waals surface area (Å²) in [5.74, 6) is -0.623. The van der Waals surface area contributed by atoms with E-state index in [9.17, 15) is 26.4 Å². The molecule has 0 spiro atoms. The summed E-state index contributed by atoms with van der Waals surface area (Å²) in [5.41, 5.74) is 6.04. The van der Waals surface area contributed by atoms with Crippen molar-refractivity contribution >= 4 is 21.4 Å². The third kappa shape index (κ3) is 5.23. The van der Waals surface area contributed by atoms with E-state index in [1.165, 1.54) is 29.3 Å². The SMILES string of the molecule is CC(C)(C)c1nnc(-c2ccc3c(c2)N(Cc2ccc(-n4ccc(C(F)(F)F)n4)cc2)C(=O)[C@@H](N)CS3(=O)=O)o1. The molecule has 5 rings (SSSR count). The average Bonchev–Trinajstić information content (AvgIpc) is 3.56. The minimum absolute atomic E-state index is 0.0528. The third-order valence-electron chi connectivity index (χ3n) is 6.30. The molecule has 0 unspecified atom stereocenters. The van der Waals surface area contributed by atoms with Gasteiger partial charge < -0.3 is 15.1 Å². The number of aromatic nitrogens is 4. The van der Waals surface area contributed by atoms with Crippen LogP contribution in [0.5, 0.6) is 0 Å². The van der Waals surface area contributed by atoms with Gasteiger partial charge >= 0.3 is 6.18 Å². The van der Waals surface area contributed by atoms with Gasteiger partial charge in [-0.15, -0.1) is 10.2 Å². The monoisotopic (exact) mass is 574 g/mol. The second-order valence-electron chi connectivity index (χ2n) is 10.5. The number of hydrogen-bond donors (Lipinski definition) is 1. The van der Waals surface area contributed by atoms with Crippen molar-refractivity contribution in [3.63, 3.8) is 0 Å². The number of carbonyl (C=O) groups is 1. The number of carbonyl (C=O) groups excluding carboxylic acids is 1. The second-order valence-corrected chi connectivity index (χ2v) is 12.5. The Morgan fingerprint density at radius 1 is 1.05 bits per heavy atom. The van der Waals surface area contributed by atoms with Crippen LogP contribution in [0.2, 0.25) is 0 Å². The lowest BCUT2D eigenvalue weighted by molar-refractivity contribution is -0.141. The van der Waals surface area contributed by atoms with Crippen LogP contribution in [0.1, 0.15) is 37.9 Å². The molecule has 10 nitrogen and oxygen atoms in total. The predicted molar refractivity (Wildman–Crippen MR) is 138 cm³/mol. The molecule has 2 N–H and O–H groups in total. The van der Waals surface area contributed by atoms with Gasteiger partial charge in [-0.3, -0.25) is 4.79 Å². The maximum atomic E-state index is 13.3. The normalized spacial score (nSPS) is 17.5. The second kappa shape index (κ2) is 9.55. The predicted octanol–water partition coefficient (Wildman–Crippen LogP) is 3.89. The molecule has 1 atom stereocenters. The molecular formula is C26H25F3N6O4S. The zero-order chi connectivity index (χ0) is 29.0. The Kier molecular flexibility index (Phi) is 6.57. The molecule has 4 aromatic rings. The summed E-state index contributed by atoms with van der Waals surface area (Å²) < 4.78 is 71.9. The van der Waals surface area contributed by atoms with E-state index >= 15 is 0 Å². The molecule has 1 aliphatic heterocycles. The van der Waals surface area contributed by atoms with Crippen molar-refractivity contribution in [3.8, 4) is 17.1 Å². The molecular weight excluding hydrogens is 549 g/mol. The number of sulfone groups is 1. The van der Waals surface area contributed by atoms with Gasteiger partial charge in [0.05, 0.1) is 34.6 Å². The molecule has 2 aromatic heterocycles. The first-order valence-corrected chi connectivity index (χ1v) is 13.8. The van der Waals surface area contributed by atoms with Crippen molar-refractivity contribution in [2.45, 2.75) is 49.8 Å². The zero-order valence-electron chi connectivity index (χ0n) is 21.7. The molecule has 0 aliphatic carbocycles. The molecule has 2 aromatic carbocycles. The molecule has 1 aliphatic rings. The molecule has 40 heavy (non-hydrogen) atoms. The molecule has 0 bridgehead atoms. The summed E-state index contributed by atoms with van der Waals surface area (Å²) in [6, 6.07) is 10.3. The van der Waals surface area contributed by atoms with Crippen molar-refractivity contribution in [3.05, 3.63) is 71.9 Å². The Balaban J connectivity index is 1.51. The number of anilines is 1. The summed E-state index contributed by atoms with van der Waals surface area (Å²) in [4.78, 5) is 14.5. The lowest BCUT2D eigenvalue weighted by Gasteiger charge is -2.24. The van der Waals surface area contributed by atoms with Crippen LogP contribution < -0.4 is 10.6 Å². The van der Waals surface area contributed by atoms with Crippen molar-refractivity contribution in [1.29, 1.82) is 0 Å². The van der Waals surface area contributed by atoms with Gasteiger partial charge in [-0.05, 0) is 42.0 Å².